The highest BCUT2D eigenvalue weighted by Gasteiger charge is 2.13. The van der Waals surface area contributed by atoms with E-state index in [9.17, 15) is 4.79 Å². The molecule has 18 heavy (non-hydrogen) atoms. The molecule has 0 radical (unpaired) electrons. The molecule has 0 fully saturated rings. The van der Waals surface area contributed by atoms with Gasteiger partial charge in [0.2, 0.25) is 0 Å². The molecule has 0 aliphatic carbocycles. The third-order valence-electron chi connectivity index (χ3n) is 2.70. The molecule has 1 aromatic heterocycles. The summed E-state index contributed by atoms with van der Waals surface area (Å²) in [7, 11) is 0. The number of fused-ring (bicyclic) bond motifs is 1. The monoisotopic (exact) mass is 244 g/mol. The fraction of sp³-hybridized carbons (Fsp3) is 0.231. The number of hydrogen-bond acceptors (Lipinski definition) is 4. The van der Waals surface area contributed by atoms with Crippen LogP contribution in [0.15, 0.2) is 35.1 Å². The van der Waals surface area contributed by atoms with E-state index in [2.05, 4.69) is 5.10 Å². The van der Waals surface area contributed by atoms with Crippen LogP contribution >= 0.6 is 0 Å². The molecule has 1 aromatic carbocycles. The van der Waals surface area contributed by atoms with Crippen LogP contribution in [0, 0.1) is 6.92 Å². The zero-order valence-electron chi connectivity index (χ0n) is 9.92. The van der Waals surface area contributed by atoms with Gasteiger partial charge in [0, 0.05) is 12.1 Å². The van der Waals surface area contributed by atoms with E-state index in [-0.39, 0.29) is 5.56 Å². The van der Waals surface area contributed by atoms with Crippen LogP contribution < -0.4 is 15.0 Å². The van der Waals surface area contributed by atoms with Gasteiger partial charge >= 0.3 is 0 Å². The van der Waals surface area contributed by atoms with Gasteiger partial charge in [0.25, 0.3) is 5.56 Å². The summed E-state index contributed by atoms with van der Waals surface area (Å²) in [6, 6.07) is 8.54. The minimum atomic E-state index is -0.169. The van der Waals surface area contributed by atoms with Gasteiger partial charge in [-0.05, 0) is 25.1 Å². The molecular formula is C13H12N2O3. The molecule has 1 aliphatic rings. The highest BCUT2D eigenvalue weighted by molar-refractivity contribution is 5.49. The summed E-state index contributed by atoms with van der Waals surface area (Å²) in [4.78, 5) is 11.8. The topological polar surface area (TPSA) is 53.4 Å². The molecule has 0 unspecified atom stereocenters. The van der Waals surface area contributed by atoms with Gasteiger partial charge in [0.05, 0.1) is 11.4 Å². The maximum atomic E-state index is 11.8. The fourth-order valence-corrected chi connectivity index (χ4v) is 1.85. The van der Waals surface area contributed by atoms with Crippen molar-refractivity contribution >= 4 is 0 Å². The summed E-state index contributed by atoms with van der Waals surface area (Å²) in [6.07, 6.45) is 0. The standard InChI is InChI=1S/C13H12N2O3/c1-9-2-5-13(16)15(14-9)10-3-4-11-12(8-10)18-7-6-17-11/h2-5,8H,6-7H2,1H3. The molecule has 0 spiro atoms. The first-order valence-corrected chi connectivity index (χ1v) is 5.71. The molecule has 2 aromatic rings. The largest absolute Gasteiger partial charge is 0.486 e. The van der Waals surface area contributed by atoms with Gasteiger partial charge in [-0.25, -0.2) is 0 Å². The number of aromatic nitrogens is 2. The second kappa shape index (κ2) is 4.18. The van der Waals surface area contributed by atoms with E-state index in [1.165, 1.54) is 10.7 Å². The average molecular weight is 244 g/mol. The van der Waals surface area contributed by atoms with Crippen LogP contribution in [-0.2, 0) is 0 Å². The van der Waals surface area contributed by atoms with E-state index in [1.54, 1.807) is 24.3 Å². The zero-order valence-corrected chi connectivity index (χ0v) is 9.92. The lowest BCUT2D eigenvalue weighted by atomic mass is 10.2. The van der Waals surface area contributed by atoms with Crippen molar-refractivity contribution in [3.63, 3.8) is 0 Å². The summed E-state index contributed by atoms with van der Waals surface area (Å²) in [6.45, 7) is 2.91. The van der Waals surface area contributed by atoms with Crippen LogP contribution in [-0.4, -0.2) is 23.0 Å². The van der Waals surface area contributed by atoms with Crippen molar-refractivity contribution in [1.82, 2.24) is 9.78 Å². The van der Waals surface area contributed by atoms with Crippen LogP contribution in [0.3, 0.4) is 0 Å². The molecular weight excluding hydrogens is 232 g/mol. The van der Waals surface area contributed by atoms with E-state index in [4.69, 9.17) is 9.47 Å². The number of rotatable bonds is 1. The van der Waals surface area contributed by atoms with Crippen molar-refractivity contribution < 1.29 is 9.47 Å². The van der Waals surface area contributed by atoms with Crippen molar-refractivity contribution in [2.75, 3.05) is 13.2 Å². The van der Waals surface area contributed by atoms with Crippen molar-refractivity contribution in [2.24, 2.45) is 0 Å². The maximum absolute atomic E-state index is 11.8. The molecule has 0 amide bonds. The van der Waals surface area contributed by atoms with Gasteiger partial charge in [-0.1, -0.05) is 0 Å². The molecule has 0 saturated heterocycles. The molecule has 5 heteroatoms. The van der Waals surface area contributed by atoms with Crippen LogP contribution in [0.2, 0.25) is 0 Å². The predicted octanol–water partition coefficient (Wildman–Crippen LogP) is 1.31. The lowest BCUT2D eigenvalue weighted by molar-refractivity contribution is 0.171. The first kappa shape index (κ1) is 10.8. The molecule has 0 bridgehead atoms. The summed E-state index contributed by atoms with van der Waals surface area (Å²) in [5, 5.41) is 4.20. The highest BCUT2D eigenvalue weighted by atomic mass is 16.6. The van der Waals surface area contributed by atoms with Gasteiger partial charge in [-0.3, -0.25) is 4.79 Å². The van der Waals surface area contributed by atoms with Crippen molar-refractivity contribution in [1.29, 1.82) is 0 Å². The van der Waals surface area contributed by atoms with Gasteiger partial charge < -0.3 is 9.47 Å². The Morgan fingerprint density at radius 1 is 1.11 bits per heavy atom. The van der Waals surface area contributed by atoms with Crippen LogP contribution in [0.5, 0.6) is 11.5 Å². The first-order chi connectivity index (χ1) is 8.74. The third-order valence-corrected chi connectivity index (χ3v) is 2.70. The minimum Gasteiger partial charge on any atom is -0.486 e. The molecule has 0 saturated carbocycles. The van der Waals surface area contributed by atoms with E-state index in [0.29, 0.717) is 30.4 Å². The predicted molar refractivity (Wildman–Crippen MR) is 65.6 cm³/mol. The molecule has 1 aliphatic heterocycles. The smallest absolute Gasteiger partial charge is 0.271 e. The van der Waals surface area contributed by atoms with Gasteiger partial charge in [-0.2, -0.15) is 9.78 Å². The van der Waals surface area contributed by atoms with Gasteiger partial charge in [-0.15, -0.1) is 0 Å². The van der Waals surface area contributed by atoms with Crippen molar-refractivity contribution in [2.45, 2.75) is 6.92 Å². The Kier molecular flexibility index (Phi) is 2.51. The quantitative estimate of drug-likeness (QED) is 0.759. The number of hydrogen-bond donors (Lipinski definition) is 0. The molecule has 0 atom stereocenters. The van der Waals surface area contributed by atoms with E-state index < -0.39 is 0 Å². The van der Waals surface area contributed by atoms with E-state index in [1.807, 2.05) is 6.92 Å². The lowest BCUT2D eigenvalue weighted by Gasteiger charge is -2.18. The SMILES string of the molecule is Cc1ccc(=O)n(-c2ccc3c(c2)OCCO3)n1. The molecule has 0 N–H and O–H groups in total. The first-order valence-electron chi connectivity index (χ1n) is 5.71. The normalized spacial score (nSPS) is 13.4. The minimum absolute atomic E-state index is 0.169. The maximum Gasteiger partial charge on any atom is 0.271 e. The third kappa shape index (κ3) is 1.84. The van der Waals surface area contributed by atoms with Gasteiger partial charge in [0.1, 0.15) is 13.2 Å². The Hall–Kier alpha value is -2.30. The molecule has 2 heterocycles. The fourth-order valence-electron chi connectivity index (χ4n) is 1.85. The van der Waals surface area contributed by atoms with Crippen LogP contribution in [0.25, 0.3) is 5.69 Å². The Balaban J connectivity index is 2.12. The Morgan fingerprint density at radius 3 is 2.72 bits per heavy atom. The van der Waals surface area contributed by atoms with Crippen molar-refractivity contribution in [3.05, 3.63) is 46.4 Å². The second-order valence-electron chi connectivity index (χ2n) is 4.05. The summed E-state index contributed by atoms with van der Waals surface area (Å²) < 4.78 is 12.3. The number of ether oxygens (including phenoxy) is 2. The Morgan fingerprint density at radius 2 is 1.89 bits per heavy atom. The Labute approximate surface area is 104 Å². The summed E-state index contributed by atoms with van der Waals surface area (Å²) in [5.41, 5.74) is 1.29. The lowest BCUT2D eigenvalue weighted by Crippen LogP contribution is -2.21. The molecule has 3 rings (SSSR count). The summed E-state index contributed by atoms with van der Waals surface area (Å²) in [5.74, 6) is 1.35. The molecule has 5 nitrogen and oxygen atoms in total. The van der Waals surface area contributed by atoms with E-state index in [0.717, 1.165) is 5.69 Å². The van der Waals surface area contributed by atoms with Crippen LogP contribution in [0.1, 0.15) is 5.69 Å². The molecule has 92 valence electrons. The second-order valence-corrected chi connectivity index (χ2v) is 4.05. The highest BCUT2D eigenvalue weighted by Crippen LogP contribution is 2.31. The number of nitrogens with zero attached hydrogens (tertiary/aromatic N) is 2. The van der Waals surface area contributed by atoms with Crippen LogP contribution in [0.4, 0.5) is 0 Å². The summed E-state index contributed by atoms with van der Waals surface area (Å²) >= 11 is 0. The number of benzene rings is 1. The van der Waals surface area contributed by atoms with Gasteiger partial charge in [0.15, 0.2) is 11.5 Å². The van der Waals surface area contributed by atoms with E-state index >= 15 is 0 Å². The van der Waals surface area contributed by atoms with Crippen molar-refractivity contribution in [3.8, 4) is 17.2 Å². The number of aryl methyl sites for hydroxylation is 1. The average Bonchev–Trinajstić information content (AvgIpc) is 2.41. The zero-order chi connectivity index (χ0) is 12.5. The Bertz CT molecular complexity index is 649.